The van der Waals surface area contributed by atoms with Gasteiger partial charge in [0.25, 0.3) is 0 Å². The van der Waals surface area contributed by atoms with Gasteiger partial charge >= 0.3 is 6.18 Å². The second kappa shape index (κ2) is 7.20. The molecule has 0 heterocycles. The van der Waals surface area contributed by atoms with E-state index in [1.807, 2.05) is 12.1 Å². The Kier molecular flexibility index (Phi) is 5.53. The van der Waals surface area contributed by atoms with Crippen molar-refractivity contribution >= 4 is 11.8 Å². The van der Waals surface area contributed by atoms with Gasteiger partial charge in [-0.15, -0.1) is 0 Å². The minimum atomic E-state index is -4.29. The van der Waals surface area contributed by atoms with Crippen LogP contribution in [-0.4, -0.2) is 6.54 Å². The Morgan fingerprint density at radius 1 is 1.05 bits per heavy atom. The highest BCUT2D eigenvalue weighted by Gasteiger charge is 2.29. The molecule has 0 bridgehead atoms. The molecule has 0 aliphatic heterocycles. The minimum Gasteiger partial charge on any atom is -0.330 e. The van der Waals surface area contributed by atoms with Gasteiger partial charge in [-0.1, -0.05) is 30.8 Å². The zero-order valence-electron chi connectivity index (χ0n) is 12.2. The average Bonchev–Trinajstić information content (AvgIpc) is 2.47. The summed E-state index contributed by atoms with van der Waals surface area (Å²) in [7, 11) is 0. The fraction of sp³-hybridized carbons (Fsp3) is 0.294. The number of hydrogen-bond acceptors (Lipinski definition) is 2. The van der Waals surface area contributed by atoms with E-state index in [4.69, 9.17) is 5.73 Å². The van der Waals surface area contributed by atoms with E-state index in [1.54, 1.807) is 0 Å². The molecule has 0 saturated heterocycles. The molecule has 0 spiro atoms. The first-order chi connectivity index (χ1) is 10.4. The van der Waals surface area contributed by atoms with Gasteiger partial charge in [0.2, 0.25) is 0 Å². The largest absolute Gasteiger partial charge is 0.416 e. The maximum Gasteiger partial charge on any atom is 0.416 e. The summed E-state index contributed by atoms with van der Waals surface area (Å²) in [6.07, 6.45) is -3.38. The molecular formula is C17H18F3NS. The number of alkyl halides is 3. The van der Waals surface area contributed by atoms with E-state index in [1.165, 1.54) is 29.5 Å². The van der Waals surface area contributed by atoms with Crippen molar-refractivity contribution in [1.82, 2.24) is 0 Å². The van der Waals surface area contributed by atoms with Crippen molar-refractivity contribution in [2.75, 3.05) is 6.54 Å². The van der Waals surface area contributed by atoms with E-state index >= 15 is 0 Å². The molecule has 0 amide bonds. The Bertz CT molecular complexity index is 608. The van der Waals surface area contributed by atoms with Gasteiger partial charge < -0.3 is 5.73 Å². The molecular weight excluding hydrogens is 307 g/mol. The predicted octanol–water partition coefficient (Wildman–Crippen LogP) is 5.31. The molecule has 0 radical (unpaired) electrons. The molecule has 0 saturated carbocycles. The number of benzene rings is 2. The maximum atomic E-state index is 12.5. The van der Waals surface area contributed by atoms with Crippen molar-refractivity contribution < 1.29 is 13.2 Å². The van der Waals surface area contributed by atoms with Gasteiger partial charge in [-0.2, -0.15) is 13.2 Å². The van der Waals surface area contributed by atoms with Gasteiger partial charge in [0, 0.05) is 9.79 Å². The van der Waals surface area contributed by atoms with E-state index in [9.17, 15) is 13.2 Å². The van der Waals surface area contributed by atoms with E-state index < -0.39 is 11.7 Å². The van der Waals surface area contributed by atoms with Gasteiger partial charge in [-0.3, -0.25) is 0 Å². The third-order valence-corrected chi connectivity index (χ3v) is 4.44. The zero-order valence-corrected chi connectivity index (χ0v) is 13.0. The Balaban J connectivity index is 2.12. The molecule has 2 rings (SSSR count). The third kappa shape index (κ3) is 4.52. The highest BCUT2D eigenvalue weighted by molar-refractivity contribution is 7.99. The molecule has 22 heavy (non-hydrogen) atoms. The summed E-state index contributed by atoms with van der Waals surface area (Å²) in [5.74, 6) is 0.373. The summed E-state index contributed by atoms with van der Waals surface area (Å²) in [5, 5.41) is 0. The highest BCUT2D eigenvalue weighted by atomic mass is 32.2. The van der Waals surface area contributed by atoms with Gasteiger partial charge in [-0.25, -0.2) is 0 Å². The smallest absolute Gasteiger partial charge is 0.330 e. The van der Waals surface area contributed by atoms with Gasteiger partial charge in [0.15, 0.2) is 0 Å². The first kappa shape index (κ1) is 16.9. The molecule has 0 aliphatic carbocycles. The molecule has 0 fully saturated rings. The summed E-state index contributed by atoms with van der Waals surface area (Å²) < 4.78 is 37.6. The fourth-order valence-corrected chi connectivity index (χ4v) is 3.04. The molecule has 1 unspecified atom stereocenters. The number of nitrogens with two attached hydrogens (primary N) is 1. The van der Waals surface area contributed by atoms with Crippen LogP contribution >= 0.6 is 11.8 Å². The first-order valence-corrected chi connectivity index (χ1v) is 7.87. The third-order valence-electron chi connectivity index (χ3n) is 3.44. The van der Waals surface area contributed by atoms with E-state index in [-0.39, 0.29) is 0 Å². The average molecular weight is 325 g/mol. The quantitative estimate of drug-likeness (QED) is 0.806. The molecule has 1 nitrogen and oxygen atoms in total. The van der Waals surface area contributed by atoms with Gasteiger partial charge in [0.05, 0.1) is 5.56 Å². The van der Waals surface area contributed by atoms with Crippen molar-refractivity contribution in [1.29, 1.82) is 0 Å². The summed E-state index contributed by atoms with van der Waals surface area (Å²) >= 11 is 1.46. The zero-order chi connectivity index (χ0) is 16.2. The lowest BCUT2D eigenvalue weighted by atomic mass is 9.98. The number of halogens is 3. The van der Waals surface area contributed by atoms with E-state index in [2.05, 4.69) is 19.1 Å². The molecule has 2 N–H and O–H groups in total. The predicted molar refractivity (Wildman–Crippen MR) is 84.1 cm³/mol. The van der Waals surface area contributed by atoms with Crippen LogP contribution in [-0.2, 0) is 6.18 Å². The van der Waals surface area contributed by atoms with Crippen molar-refractivity contribution in [2.45, 2.75) is 35.2 Å². The van der Waals surface area contributed by atoms with Crippen LogP contribution in [0.15, 0.2) is 58.3 Å². The number of rotatable bonds is 5. The normalized spacial score (nSPS) is 13.1. The Labute approximate surface area is 132 Å². The second-order valence-corrected chi connectivity index (χ2v) is 6.32. The van der Waals surface area contributed by atoms with E-state index in [0.29, 0.717) is 12.5 Å². The first-order valence-electron chi connectivity index (χ1n) is 7.05. The standard InChI is InChI=1S/C17H18F3NS/c1-12(9-10-21)13-3-2-4-16(11-13)22-15-7-5-14(6-8-15)17(18,19)20/h2-8,11-12H,9-10,21H2,1H3. The summed E-state index contributed by atoms with van der Waals surface area (Å²) in [6, 6.07) is 13.3. The Hall–Kier alpha value is -1.46. The molecule has 118 valence electrons. The van der Waals surface area contributed by atoms with Crippen LogP contribution in [0.5, 0.6) is 0 Å². The Morgan fingerprint density at radius 2 is 1.73 bits per heavy atom. The van der Waals surface area contributed by atoms with Crippen molar-refractivity contribution in [3.8, 4) is 0 Å². The lowest BCUT2D eigenvalue weighted by molar-refractivity contribution is -0.137. The number of hydrogen-bond donors (Lipinski definition) is 1. The van der Waals surface area contributed by atoms with Crippen LogP contribution in [0.2, 0.25) is 0 Å². The molecule has 5 heteroatoms. The van der Waals surface area contributed by atoms with Gasteiger partial charge in [0.1, 0.15) is 0 Å². The Morgan fingerprint density at radius 3 is 2.32 bits per heavy atom. The highest BCUT2D eigenvalue weighted by Crippen LogP contribution is 2.34. The van der Waals surface area contributed by atoms with Crippen LogP contribution in [0, 0.1) is 0 Å². The molecule has 2 aromatic rings. The minimum absolute atomic E-state index is 0.373. The van der Waals surface area contributed by atoms with Crippen molar-refractivity contribution in [2.24, 2.45) is 5.73 Å². The van der Waals surface area contributed by atoms with Crippen LogP contribution in [0.1, 0.15) is 30.4 Å². The summed E-state index contributed by atoms with van der Waals surface area (Å²) in [5.41, 5.74) is 6.15. The molecule has 2 aromatic carbocycles. The SMILES string of the molecule is CC(CCN)c1cccc(Sc2ccc(C(F)(F)F)cc2)c1. The lowest BCUT2D eigenvalue weighted by Crippen LogP contribution is -2.04. The molecule has 0 aromatic heterocycles. The molecule has 1 atom stereocenters. The maximum absolute atomic E-state index is 12.5. The fourth-order valence-electron chi connectivity index (χ4n) is 2.15. The monoisotopic (exact) mass is 325 g/mol. The topological polar surface area (TPSA) is 26.0 Å². The lowest BCUT2D eigenvalue weighted by Gasteiger charge is -2.12. The van der Waals surface area contributed by atoms with Crippen molar-refractivity contribution in [3.63, 3.8) is 0 Å². The van der Waals surface area contributed by atoms with Gasteiger partial charge in [-0.05, 0) is 60.8 Å². The van der Waals surface area contributed by atoms with Crippen LogP contribution in [0.25, 0.3) is 0 Å². The van der Waals surface area contributed by atoms with Crippen LogP contribution < -0.4 is 5.73 Å². The summed E-state index contributed by atoms with van der Waals surface area (Å²) in [4.78, 5) is 1.80. The van der Waals surface area contributed by atoms with E-state index in [0.717, 1.165) is 28.3 Å². The van der Waals surface area contributed by atoms with Crippen molar-refractivity contribution in [3.05, 3.63) is 59.7 Å². The summed E-state index contributed by atoms with van der Waals surface area (Å²) in [6.45, 7) is 2.76. The second-order valence-electron chi connectivity index (χ2n) is 5.18. The molecule has 0 aliphatic rings. The van der Waals surface area contributed by atoms with Crippen LogP contribution in [0.4, 0.5) is 13.2 Å². The van der Waals surface area contributed by atoms with Crippen LogP contribution in [0.3, 0.4) is 0 Å².